The molecule has 0 bridgehead atoms. The molecule has 4 aromatic rings. The number of hydrogen-bond donors (Lipinski definition) is 1. The van der Waals surface area contributed by atoms with Crippen LogP contribution in [0.2, 0.25) is 0 Å². The van der Waals surface area contributed by atoms with Crippen molar-refractivity contribution in [3.05, 3.63) is 114 Å². The van der Waals surface area contributed by atoms with Gasteiger partial charge in [-0.25, -0.2) is 4.98 Å². The second-order valence-electron chi connectivity index (χ2n) is 8.48. The predicted molar refractivity (Wildman–Crippen MR) is 134 cm³/mol. The third kappa shape index (κ3) is 4.85. The lowest BCUT2D eigenvalue weighted by molar-refractivity contribution is 0.139. The minimum absolute atomic E-state index is 0.453. The van der Waals surface area contributed by atoms with Crippen LogP contribution in [0.5, 0.6) is 11.5 Å². The summed E-state index contributed by atoms with van der Waals surface area (Å²) in [6.07, 6.45) is 7.19. The smallest absolute Gasteiger partial charge is 0.165 e. The van der Waals surface area contributed by atoms with E-state index in [9.17, 15) is 5.11 Å². The van der Waals surface area contributed by atoms with Gasteiger partial charge in [0.05, 0.1) is 26.7 Å². The van der Waals surface area contributed by atoms with Crippen molar-refractivity contribution in [2.75, 3.05) is 14.2 Å². The van der Waals surface area contributed by atoms with Crippen LogP contribution in [0.1, 0.15) is 36.0 Å². The number of methoxy groups -OCH3 is 2. The highest BCUT2D eigenvalue weighted by atomic mass is 16.5. The van der Waals surface area contributed by atoms with E-state index in [4.69, 9.17) is 9.47 Å². The quantitative estimate of drug-likeness (QED) is 0.304. The molecule has 1 unspecified atom stereocenters. The van der Waals surface area contributed by atoms with E-state index in [0.717, 1.165) is 24.2 Å². The molecule has 1 N–H and O–H groups in total. The molecular formula is C29H32N2O3. The fraction of sp³-hybridized carbons (Fsp3) is 0.276. The Morgan fingerprint density at radius 2 is 1.56 bits per heavy atom. The summed E-state index contributed by atoms with van der Waals surface area (Å²) < 4.78 is 13.5. The van der Waals surface area contributed by atoms with E-state index in [1.165, 1.54) is 11.1 Å². The van der Waals surface area contributed by atoms with Gasteiger partial charge in [0.15, 0.2) is 11.5 Å². The molecule has 5 heteroatoms. The lowest BCUT2D eigenvalue weighted by Crippen LogP contribution is -2.31. The fourth-order valence-corrected chi connectivity index (χ4v) is 4.90. The van der Waals surface area contributed by atoms with Crippen LogP contribution in [-0.2, 0) is 12.0 Å². The number of para-hydroxylation sites is 1. The summed E-state index contributed by atoms with van der Waals surface area (Å²) in [7, 11) is 3.36. The maximum absolute atomic E-state index is 10.7. The molecule has 1 heterocycles. The van der Waals surface area contributed by atoms with Gasteiger partial charge < -0.3 is 19.1 Å². The number of ether oxygens (including phenoxy) is 2. The molecule has 176 valence electrons. The maximum atomic E-state index is 10.7. The lowest BCUT2D eigenvalue weighted by atomic mass is 9.66. The van der Waals surface area contributed by atoms with Crippen molar-refractivity contribution in [2.24, 2.45) is 0 Å². The van der Waals surface area contributed by atoms with Gasteiger partial charge in [0.25, 0.3) is 0 Å². The van der Waals surface area contributed by atoms with Gasteiger partial charge in [0, 0.05) is 29.9 Å². The van der Waals surface area contributed by atoms with Crippen molar-refractivity contribution in [2.45, 2.75) is 37.3 Å². The number of imidazole rings is 1. The molecule has 0 aliphatic rings. The van der Waals surface area contributed by atoms with Crippen LogP contribution in [0, 0.1) is 0 Å². The van der Waals surface area contributed by atoms with Gasteiger partial charge in [-0.05, 0) is 36.5 Å². The zero-order chi connectivity index (χ0) is 23.8. The van der Waals surface area contributed by atoms with Crippen LogP contribution >= 0.6 is 0 Å². The second kappa shape index (κ2) is 11.0. The Hall–Kier alpha value is -3.57. The lowest BCUT2D eigenvalue weighted by Gasteiger charge is -2.37. The molecule has 1 atom stereocenters. The van der Waals surface area contributed by atoms with E-state index >= 15 is 0 Å². The molecule has 0 aliphatic carbocycles. The minimum atomic E-state index is -0.475. The number of aromatic nitrogens is 2. The Bertz CT molecular complexity index is 1110. The monoisotopic (exact) mass is 456 g/mol. The standard InChI is InChI=1S/C29H32N2O3/c1-33-27-17-9-16-26(28(27)34-2)29(23-11-5-3-6-12-23,24-13-7-4-8-14-24)18-10-15-25(32)21-31-20-19-30-22-31/h3-9,11-14,16-17,19-20,22,25,32H,10,15,18,21H2,1-2H3. The van der Waals surface area contributed by atoms with Crippen molar-refractivity contribution in [1.29, 1.82) is 0 Å². The Labute approximate surface area is 201 Å². The highest BCUT2D eigenvalue weighted by molar-refractivity contribution is 5.59. The van der Waals surface area contributed by atoms with Crippen LogP contribution in [0.4, 0.5) is 0 Å². The van der Waals surface area contributed by atoms with Gasteiger partial charge in [-0.3, -0.25) is 0 Å². The van der Waals surface area contributed by atoms with E-state index in [0.29, 0.717) is 18.7 Å². The van der Waals surface area contributed by atoms with E-state index in [-0.39, 0.29) is 0 Å². The molecule has 0 radical (unpaired) electrons. The molecule has 3 aromatic carbocycles. The van der Waals surface area contributed by atoms with Crippen molar-refractivity contribution in [1.82, 2.24) is 9.55 Å². The Kier molecular flexibility index (Phi) is 7.65. The topological polar surface area (TPSA) is 56.5 Å². The van der Waals surface area contributed by atoms with Crippen LogP contribution < -0.4 is 9.47 Å². The first-order chi connectivity index (χ1) is 16.7. The number of aliphatic hydroxyl groups is 1. The SMILES string of the molecule is COc1cccc(C(CCCC(O)Cn2ccnc2)(c2ccccc2)c2ccccc2)c1OC. The van der Waals surface area contributed by atoms with E-state index in [2.05, 4.69) is 59.6 Å². The van der Waals surface area contributed by atoms with Gasteiger partial charge in [-0.2, -0.15) is 0 Å². The summed E-state index contributed by atoms with van der Waals surface area (Å²) in [5.74, 6) is 1.44. The molecular weight excluding hydrogens is 424 g/mol. The molecule has 0 aliphatic heterocycles. The number of nitrogens with zero attached hydrogens (tertiary/aromatic N) is 2. The zero-order valence-corrected chi connectivity index (χ0v) is 19.8. The number of rotatable bonds is 11. The zero-order valence-electron chi connectivity index (χ0n) is 19.8. The number of benzene rings is 3. The average molecular weight is 457 g/mol. The Morgan fingerprint density at radius 1 is 0.882 bits per heavy atom. The fourth-order valence-electron chi connectivity index (χ4n) is 4.90. The Balaban J connectivity index is 1.78. The number of hydrogen-bond acceptors (Lipinski definition) is 4. The predicted octanol–water partition coefficient (Wildman–Crippen LogP) is 5.47. The molecule has 34 heavy (non-hydrogen) atoms. The maximum Gasteiger partial charge on any atom is 0.165 e. The second-order valence-corrected chi connectivity index (χ2v) is 8.48. The average Bonchev–Trinajstić information content (AvgIpc) is 3.40. The largest absolute Gasteiger partial charge is 0.493 e. The van der Waals surface area contributed by atoms with Gasteiger partial charge in [-0.1, -0.05) is 72.8 Å². The summed E-state index contributed by atoms with van der Waals surface area (Å²) in [4.78, 5) is 4.08. The van der Waals surface area contributed by atoms with E-state index < -0.39 is 11.5 Å². The molecule has 4 rings (SSSR count). The summed E-state index contributed by atoms with van der Waals surface area (Å²) in [5.41, 5.74) is 2.93. The molecule has 0 fully saturated rings. The summed E-state index contributed by atoms with van der Waals surface area (Å²) in [6, 6.07) is 27.2. The molecule has 0 spiro atoms. The first kappa shape index (κ1) is 23.6. The third-order valence-electron chi connectivity index (χ3n) is 6.47. The summed E-state index contributed by atoms with van der Waals surface area (Å²) >= 11 is 0. The summed E-state index contributed by atoms with van der Waals surface area (Å²) in [5, 5.41) is 10.7. The van der Waals surface area contributed by atoms with E-state index in [1.54, 1.807) is 26.7 Å². The van der Waals surface area contributed by atoms with E-state index in [1.807, 2.05) is 35.0 Å². The highest BCUT2D eigenvalue weighted by Crippen LogP contribution is 2.49. The first-order valence-electron chi connectivity index (χ1n) is 11.7. The molecule has 0 saturated heterocycles. The molecule has 0 saturated carbocycles. The van der Waals surface area contributed by atoms with Crippen molar-refractivity contribution < 1.29 is 14.6 Å². The van der Waals surface area contributed by atoms with Crippen molar-refractivity contribution >= 4 is 0 Å². The van der Waals surface area contributed by atoms with Crippen molar-refractivity contribution in [3.63, 3.8) is 0 Å². The Morgan fingerprint density at radius 3 is 2.12 bits per heavy atom. The van der Waals surface area contributed by atoms with Gasteiger partial charge in [0.1, 0.15) is 0 Å². The van der Waals surface area contributed by atoms with Crippen LogP contribution in [0.3, 0.4) is 0 Å². The number of aliphatic hydroxyl groups excluding tert-OH is 1. The first-order valence-corrected chi connectivity index (χ1v) is 11.7. The minimum Gasteiger partial charge on any atom is -0.493 e. The van der Waals surface area contributed by atoms with Crippen LogP contribution in [0.15, 0.2) is 97.6 Å². The van der Waals surface area contributed by atoms with Crippen LogP contribution in [-0.4, -0.2) is 35.0 Å². The van der Waals surface area contributed by atoms with Gasteiger partial charge >= 0.3 is 0 Å². The molecule has 1 aromatic heterocycles. The molecule has 0 amide bonds. The highest BCUT2D eigenvalue weighted by Gasteiger charge is 2.39. The van der Waals surface area contributed by atoms with Gasteiger partial charge in [-0.15, -0.1) is 0 Å². The van der Waals surface area contributed by atoms with Gasteiger partial charge in [0.2, 0.25) is 0 Å². The third-order valence-corrected chi connectivity index (χ3v) is 6.47. The summed E-state index contributed by atoms with van der Waals surface area (Å²) in [6.45, 7) is 0.534. The van der Waals surface area contributed by atoms with Crippen LogP contribution in [0.25, 0.3) is 0 Å². The molecule has 5 nitrogen and oxygen atoms in total. The van der Waals surface area contributed by atoms with Crippen molar-refractivity contribution in [3.8, 4) is 11.5 Å². The normalized spacial score (nSPS) is 12.3.